The smallest absolute Gasteiger partial charge is 0.270 e. The second-order valence-corrected chi connectivity index (χ2v) is 4.72. The summed E-state index contributed by atoms with van der Waals surface area (Å²) in [4.78, 5) is 18.1. The molecule has 1 atom stereocenters. The van der Waals surface area contributed by atoms with Gasteiger partial charge in [0.2, 0.25) is 0 Å². The molecule has 1 unspecified atom stereocenters. The second-order valence-electron chi connectivity index (χ2n) is 4.72. The van der Waals surface area contributed by atoms with E-state index in [2.05, 4.69) is 15.2 Å². The SMILES string of the molecule is CC(CCN(C)C)NC(=O)c1ccc(CN)cn1. The Labute approximate surface area is 108 Å². The zero-order chi connectivity index (χ0) is 13.5. The minimum atomic E-state index is -0.134. The lowest BCUT2D eigenvalue weighted by Gasteiger charge is -2.16. The number of pyridine rings is 1. The van der Waals surface area contributed by atoms with Crippen LogP contribution in [0.15, 0.2) is 18.3 Å². The maximum absolute atomic E-state index is 11.9. The summed E-state index contributed by atoms with van der Waals surface area (Å²) in [5.41, 5.74) is 6.84. The normalized spacial score (nSPS) is 12.5. The first-order chi connectivity index (χ1) is 8.52. The summed E-state index contributed by atoms with van der Waals surface area (Å²) in [5.74, 6) is -0.134. The fraction of sp³-hybridized carbons (Fsp3) is 0.538. The highest BCUT2D eigenvalue weighted by molar-refractivity contribution is 5.92. The molecule has 3 N–H and O–H groups in total. The van der Waals surface area contributed by atoms with Crippen molar-refractivity contribution in [2.24, 2.45) is 5.73 Å². The standard InChI is InChI=1S/C13H22N4O/c1-10(6-7-17(2)3)16-13(18)12-5-4-11(8-14)9-15-12/h4-5,9-10H,6-8,14H2,1-3H3,(H,16,18). The number of nitrogens with two attached hydrogens (primary N) is 1. The maximum Gasteiger partial charge on any atom is 0.270 e. The van der Waals surface area contributed by atoms with Crippen molar-refractivity contribution in [2.45, 2.75) is 25.9 Å². The third-order valence-electron chi connectivity index (χ3n) is 2.68. The van der Waals surface area contributed by atoms with Crippen LogP contribution in [0, 0.1) is 0 Å². The molecule has 1 amide bonds. The highest BCUT2D eigenvalue weighted by Gasteiger charge is 2.10. The molecule has 18 heavy (non-hydrogen) atoms. The van der Waals surface area contributed by atoms with E-state index in [9.17, 15) is 4.79 Å². The molecule has 0 saturated carbocycles. The van der Waals surface area contributed by atoms with E-state index in [1.165, 1.54) is 0 Å². The lowest BCUT2D eigenvalue weighted by molar-refractivity contribution is 0.0931. The van der Waals surface area contributed by atoms with Gasteiger partial charge < -0.3 is 16.0 Å². The van der Waals surface area contributed by atoms with Gasteiger partial charge in [-0.3, -0.25) is 9.78 Å². The molecule has 100 valence electrons. The van der Waals surface area contributed by atoms with Crippen molar-refractivity contribution in [3.63, 3.8) is 0 Å². The van der Waals surface area contributed by atoms with E-state index in [0.717, 1.165) is 18.5 Å². The lowest BCUT2D eigenvalue weighted by Crippen LogP contribution is -2.35. The molecule has 0 aliphatic heterocycles. The molecular weight excluding hydrogens is 228 g/mol. The number of hydrogen-bond acceptors (Lipinski definition) is 4. The van der Waals surface area contributed by atoms with Crippen molar-refractivity contribution < 1.29 is 4.79 Å². The molecule has 0 radical (unpaired) electrons. The van der Waals surface area contributed by atoms with E-state index < -0.39 is 0 Å². The molecule has 1 aromatic heterocycles. The molecule has 1 heterocycles. The molecule has 0 aliphatic carbocycles. The van der Waals surface area contributed by atoms with Crippen LogP contribution in [0.2, 0.25) is 0 Å². The minimum absolute atomic E-state index is 0.134. The van der Waals surface area contributed by atoms with Crippen molar-refractivity contribution in [3.8, 4) is 0 Å². The highest BCUT2D eigenvalue weighted by atomic mass is 16.1. The molecule has 0 fully saturated rings. The molecule has 0 aliphatic rings. The summed E-state index contributed by atoms with van der Waals surface area (Å²) < 4.78 is 0. The third-order valence-corrected chi connectivity index (χ3v) is 2.68. The van der Waals surface area contributed by atoms with Gasteiger partial charge in [-0.1, -0.05) is 6.07 Å². The maximum atomic E-state index is 11.9. The van der Waals surface area contributed by atoms with E-state index in [1.807, 2.05) is 27.1 Å². The molecule has 1 aromatic rings. The number of carbonyl (C=O) groups is 1. The first-order valence-electron chi connectivity index (χ1n) is 6.13. The van der Waals surface area contributed by atoms with Gasteiger partial charge in [-0.05, 0) is 45.6 Å². The van der Waals surface area contributed by atoms with Crippen LogP contribution in [-0.4, -0.2) is 42.5 Å². The molecular formula is C13H22N4O. The zero-order valence-electron chi connectivity index (χ0n) is 11.3. The predicted octanol–water partition coefficient (Wildman–Crippen LogP) is 0.610. The summed E-state index contributed by atoms with van der Waals surface area (Å²) in [7, 11) is 4.03. The van der Waals surface area contributed by atoms with E-state index >= 15 is 0 Å². The average molecular weight is 250 g/mol. The molecule has 5 heteroatoms. The van der Waals surface area contributed by atoms with Gasteiger partial charge in [-0.2, -0.15) is 0 Å². The monoisotopic (exact) mass is 250 g/mol. The Bertz CT molecular complexity index is 375. The summed E-state index contributed by atoms with van der Waals surface area (Å²) in [5, 5.41) is 2.93. The van der Waals surface area contributed by atoms with Crippen molar-refractivity contribution in [3.05, 3.63) is 29.6 Å². The average Bonchev–Trinajstić information content (AvgIpc) is 2.36. The fourth-order valence-electron chi connectivity index (χ4n) is 1.50. The van der Waals surface area contributed by atoms with E-state index in [0.29, 0.717) is 12.2 Å². The Balaban J connectivity index is 2.48. The second kappa shape index (κ2) is 7.08. The molecule has 5 nitrogen and oxygen atoms in total. The third kappa shape index (κ3) is 4.81. The summed E-state index contributed by atoms with van der Waals surface area (Å²) in [6.07, 6.45) is 2.55. The Hall–Kier alpha value is -1.46. The Morgan fingerprint density at radius 1 is 1.50 bits per heavy atom. The Morgan fingerprint density at radius 3 is 2.72 bits per heavy atom. The van der Waals surface area contributed by atoms with Crippen LogP contribution >= 0.6 is 0 Å². The molecule has 0 spiro atoms. The number of hydrogen-bond donors (Lipinski definition) is 2. The summed E-state index contributed by atoms with van der Waals surface area (Å²) >= 11 is 0. The zero-order valence-corrected chi connectivity index (χ0v) is 11.3. The van der Waals surface area contributed by atoms with Crippen LogP contribution in [0.3, 0.4) is 0 Å². The number of carbonyl (C=O) groups excluding carboxylic acids is 1. The van der Waals surface area contributed by atoms with Crippen LogP contribution in [0.4, 0.5) is 0 Å². The Kier molecular flexibility index (Phi) is 5.74. The molecule has 0 bridgehead atoms. The van der Waals surface area contributed by atoms with Crippen molar-refractivity contribution >= 4 is 5.91 Å². The van der Waals surface area contributed by atoms with Crippen LogP contribution in [0.5, 0.6) is 0 Å². The van der Waals surface area contributed by atoms with Crippen LogP contribution < -0.4 is 11.1 Å². The topological polar surface area (TPSA) is 71.2 Å². The fourth-order valence-corrected chi connectivity index (χ4v) is 1.50. The molecule has 0 saturated heterocycles. The van der Waals surface area contributed by atoms with Gasteiger partial charge in [0.15, 0.2) is 0 Å². The van der Waals surface area contributed by atoms with Gasteiger partial charge >= 0.3 is 0 Å². The number of aromatic nitrogens is 1. The number of nitrogens with zero attached hydrogens (tertiary/aromatic N) is 2. The van der Waals surface area contributed by atoms with Crippen LogP contribution in [-0.2, 0) is 6.54 Å². The summed E-state index contributed by atoms with van der Waals surface area (Å²) in [6.45, 7) is 3.38. The van der Waals surface area contributed by atoms with Gasteiger partial charge in [0.1, 0.15) is 5.69 Å². The van der Waals surface area contributed by atoms with Gasteiger partial charge in [-0.15, -0.1) is 0 Å². The van der Waals surface area contributed by atoms with E-state index in [4.69, 9.17) is 5.73 Å². The number of nitrogens with one attached hydrogen (secondary N) is 1. The quantitative estimate of drug-likeness (QED) is 0.776. The van der Waals surface area contributed by atoms with Crippen molar-refractivity contribution in [1.82, 2.24) is 15.2 Å². The summed E-state index contributed by atoms with van der Waals surface area (Å²) in [6, 6.07) is 3.67. The molecule has 0 aromatic carbocycles. The first kappa shape index (κ1) is 14.6. The van der Waals surface area contributed by atoms with Crippen LogP contribution in [0.25, 0.3) is 0 Å². The van der Waals surface area contributed by atoms with Crippen molar-refractivity contribution in [1.29, 1.82) is 0 Å². The highest BCUT2D eigenvalue weighted by Crippen LogP contribution is 2.01. The number of amides is 1. The van der Waals surface area contributed by atoms with Crippen LogP contribution in [0.1, 0.15) is 29.4 Å². The number of rotatable bonds is 6. The first-order valence-corrected chi connectivity index (χ1v) is 6.13. The van der Waals surface area contributed by atoms with Gasteiger partial charge in [-0.25, -0.2) is 0 Å². The van der Waals surface area contributed by atoms with Gasteiger partial charge in [0.25, 0.3) is 5.91 Å². The van der Waals surface area contributed by atoms with Crippen molar-refractivity contribution in [2.75, 3.05) is 20.6 Å². The van der Waals surface area contributed by atoms with E-state index in [1.54, 1.807) is 12.3 Å². The Morgan fingerprint density at radius 2 is 2.22 bits per heavy atom. The predicted molar refractivity (Wildman–Crippen MR) is 72.2 cm³/mol. The van der Waals surface area contributed by atoms with Gasteiger partial charge in [0, 0.05) is 18.8 Å². The largest absolute Gasteiger partial charge is 0.348 e. The van der Waals surface area contributed by atoms with E-state index in [-0.39, 0.29) is 11.9 Å². The molecule has 1 rings (SSSR count). The van der Waals surface area contributed by atoms with Gasteiger partial charge in [0.05, 0.1) is 0 Å². The minimum Gasteiger partial charge on any atom is -0.348 e. The lowest BCUT2D eigenvalue weighted by atomic mass is 10.2.